The molecule has 1 spiro atoms. The lowest BCUT2D eigenvalue weighted by atomic mass is 10.0. The molecule has 2 saturated heterocycles. The van der Waals surface area contributed by atoms with Gasteiger partial charge in [-0.05, 0) is 38.0 Å². The summed E-state index contributed by atoms with van der Waals surface area (Å²) < 4.78 is 11.6. The summed E-state index contributed by atoms with van der Waals surface area (Å²) in [5.41, 5.74) is 4.83. The Bertz CT molecular complexity index is 769. The van der Waals surface area contributed by atoms with E-state index in [-0.39, 0.29) is 5.79 Å². The molecule has 0 amide bonds. The molecule has 2 aliphatic rings. The first-order chi connectivity index (χ1) is 12.5. The summed E-state index contributed by atoms with van der Waals surface area (Å²) in [6.45, 7) is 9.44. The van der Waals surface area contributed by atoms with Gasteiger partial charge >= 0.3 is 0 Å². The van der Waals surface area contributed by atoms with Gasteiger partial charge in [0.05, 0.1) is 13.2 Å². The quantitative estimate of drug-likeness (QED) is 0.910. The van der Waals surface area contributed by atoms with E-state index in [4.69, 9.17) is 14.5 Å². The Labute approximate surface area is 154 Å². The molecule has 2 aliphatic heterocycles. The van der Waals surface area contributed by atoms with E-state index in [1.165, 1.54) is 16.7 Å². The van der Waals surface area contributed by atoms with Crippen LogP contribution in [0.4, 0.5) is 17.5 Å². The molecule has 1 aromatic carbocycles. The largest absolute Gasteiger partial charge is 0.347 e. The monoisotopic (exact) mass is 354 g/mol. The van der Waals surface area contributed by atoms with Crippen LogP contribution in [-0.2, 0) is 9.47 Å². The molecule has 3 heterocycles. The second-order valence-corrected chi connectivity index (χ2v) is 7.24. The number of rotatable bonds is 3. The van der Waals surface area contributed by atoms with Crippen LogP contribution in [0.5, 0.6) is 0 Å². The third-order valence-electron chi connectivity index (χ3n) is 5.19. The number of nitrogens with zero attached hydrogens (tertiary/aromatic N) is 3. The molecule has 0 unspecified atom stereocenters. The Morgan fingerprint density at radius 2 is 1.69 bits per heavy atom. The average molecular weight is 354 g/mol. The van der Waals surface area contributed by atoms with Crippen molar-refractivity contribution in [2.24, 2.45) is 0 Å². The second-order valence-electron chi connectivity index (χ2n) is 7.24. The number of ether oxygens (including phenoxy) is 2. The number of hydrogen-bond donors (Lipinski definition) is 1. The number of aryl methyl sites for hydroxylation is 3. The van der Waals surface area contributed by atoms with Gasteiger partial charge in [0.2, 0.25) is 5.95 Å². The molecule has 6 heteroatoms. The fraction of sp³-hybridized carbons (Fsp3) is 0.500. The second kappa shape index (κ2) is 6.85. The van der Waals surface area contributed by atoms with Crippen LogP contribution in [0, 0.1) is 20.8 Å². The highest BCUT2D eigenvalue weighted by molar-refractivity contribution is 5.65. The predicted octanol–water partition coefficient (Wildman–Crippen LogP) is 3.49. The maximum Gasteiger partial charge on any atom is 0.227 e. The third-order valence-corrected chi connectivity index (χ3v) is 5.19. The molecule has 2 fully saturated rings. The average Bonchev–Trinajstić information content (AvgIpc) is 3.07. The van der Waals surface area contributed by atoms with Crippen molar-refractivity contribution in [3.8, 4) is 0 Å². The summed E-state index contributed by atoms with van der Waals surface area (Å²) >= 11 is 0. The first-order valence-electron chi connectivity index (χ1n) is 9.25. The molecule has 6 nitrogen and oxygen atoms in total. The number of nitrogens with one attached hydrogen (secondary N) is 1. The Hall–Kier alpha value is -2.18. The predicted molar refractivity (Wildman–Crippen MR) is 102 cm³/mol. The van der Waals surface area contributed by atoms with Gasteiger partial charge < -0.3 is 19.7 Å². The third kappa shape index (κ3) is 3.39. The van der Waals surface area contributed by atoms with E-state index in [9.17, 15) is 0 Å². The van der Waals surface area contributed by atoms with E-state index in [0.29, 0.717) is 13.2 Å². The van der Waals surface area contributed by atoms with Gasteiger partial charge in [-0.3, -0.25) is 0 Å². The summed E-state index contributed by atoms with van der Waals surface area (Å²) in [4.78, 5) is 11.4. The number of benzene rings is 1. The molecule has 0 atom stereocenters. The van der Waals surface area contributed by atoms with Crippen LogP contribution >= 0.6 is 0 Å². The van der Waals surface area contributed by atoms with Crippen LogP contribution in [0.25, 0.3) is 0 Å². The Morgan fingerprint density at radius 3 is 2.35 bits per heavy atom. The van der Waals surface area contributed by atoms with Gasteiger partial charge in [0.25, 0.3) is 0 Å². The van der Waals surface area contributed by atoms with Crippen molar-refractivity contribution < 1.29 is 9.47 Å². The molecule has 26 heavy (non-hydrogen) atoms. The van der Waals surface area contributed by atoms with Gasteiger partial charge in [-0.1, -0.05) is 17.7 Å². The maximum atomic E-state index is 5.80. The molecule has 0 saturated carbocycles. The molecule has 0 radical (unpaired) electrons. The molecule has 2 aromatic rings. The Balaban J connectivity index is 1.49. The summed E-state index contributed by atoms with van der Waals surface area (Å²) in [5.74, 6) is 1.20. The van der Waals surface area contributed by atoms with E-state index in [1.807, 2.05) is 12.3 Å². The first kappa shape index (κ1) is 17.2. The highest BCUT2D eigenvalue weighted by Gasteiger charge is 2.40. The topological polar surface area (TPSA) is 59.5 Å². The van der Waals surface area contributed by atoms with Crippen LogP contribution in [0.1, 0.15) is 29.5 Å². The first-order valence-corrected chi connectivity index (χ1v) is 9.25. The van der Waals surface area contributed by atoms with E-state index < -0.39 is 0 Å². The number of anilines is 3. The van der Waals surface area contributed by atoms with E-state index in [1.54, 1.807) is 0 Å². The zero-order valence-electron chi connectivity index (χ0n) is 15.7. The molecular formula is C20H26N4O2. The number of piperidine rings is 1. The summed E-state index contributed by atoms with van der Waals surface area (Å²) in [6.07, 6.45) is 3.52. The standard InChI is InChI=1S/C20H26N4O2/c1-14-12-15(2)18(16(3)13-14)22-17-4-7-21-19(23-17)24-8-5-20(6-9-24)25-10-11-26-20/h4,7,12-13H,5-6,8-11H2,1-3H3,(H,21,22,23). The summed E-state index contributed by atoms with van der Waals surface area (Å²) in [6, 6.07) is 6.28. The Morgan fingerprint density at radius 1 is 1.04 bits per heavy atom. The van der Waals surface area contributed by atoms with Crippen LogP contribution in [0.3, 0.4) is 0 Å². The molecule has 1 aromatic heterocycles. The van der Waals surface area contributed by atoms with Gasteiger partial charge in [-0.2, -0.15) is 4.98 Å². The van der Waals surface area contributed by atoms with Crippen molar-refractivity contribution in [1.82, 2.24) is 9.97 Å². The molecule has 0 bridgehead atoms. The fourth-order valence-electron chi connectivity index (χ4n) is 3.91. The smallest absolute Gasteiger partial charge is 0.227 e. The highest BCUT2D eigenvalue weighted by Crippen LogP contribution is 2.32. The number of aromatic nitrogens is 2. The van der Waals surface area contributed by atoms with Crippen molar-refractivity contribution in [3.05, 3.63) is 41.1 Å². The van der Waals surface area contributed by atoms with Gasteiger partial charge in [0.1, 0.15) is 5.82 Å². The van der Waals surface area contributed by atoms with E-state index >= 15 is 0 Å². The SMILES string of the molecule is Cc1cc(C)c(Nc2ccnc(N3CCC4(CC3)OCCO4)n2)c(C)c1. The Kier molecular flexibility index (Phi) is 4.54. The maximum absolute atomic E-state index is 5.80. The van der Waals surface area contributed by atoms with E-state index in [2.05, 4.69) is 48.1 Å². The van der Waals surface area contributed by atoms with Crippen molar-refractivity contribution in [1.29, 1.82) is 0 Å². The van der Waals surface area contributed by atoms with Gasteiger partial charge in [-0.15, -0.1) is 0 Å². The molecule has 4 rings (SSSR count). The minimum absolute atomic E-state index is 0.373. The van der Waals surface area contributed by atoms with Crippen molar-refractivity contribution >= 4 is 17.5 Å². The number of hydrogen-bond acceptors (Lipinski definition) is 6. The summed E-state index contributed by atoms with van der Waals surface area (Å²) in [5, 5.41) is 3.47. The van der Waals surface area contributed by atoms with Gasteiger partial charge in [0.15, 0.2) is 5.79 Å². The van der Waals surface area contributed by atoms with Gasteiger partial charge in [-0.25, -0.2) is 4.98 Å². The lowest BCUT2D eigenvalue weighted by Gasteiger charge is -2.37. The summed E-state index contributed by atoms with van der Waals surface area (Å²) in [7, 11) is 0. The molecule has 1 N–H and O–H groups in total. The minimum Gasteiger partial charge on any atom is -0.347 e. The normalized spacial score (nSPS) is 19.1. The zero-order chi connectivity index (χ0) is 18.1. The van der Waals surface area contributed by atoms with Crippen molar-refractivity contribution in [2.45, 2.75) is 39.4 Å². The molecule has 138 valence electrons. The zero-order valence-corrected chi connectivity index (χ0v) is 15.7. The highest BCUT2D eigenvalue weighted by atomic mass is 16.7. The van der Waals surface area contributed by atoms with Crippen LogP contribution in [0.2, 0.25) is 0 Å². The van der Waals surface area contributed by atoms with Gasteiger partial charge in [0, 0.05) is 37.8 Å². The fourth-order valence-corrected chi connectivity index (χ4v) is 3.91. The molecular weight excluding hydrogens is 328 g/mol. The van der Waals surface area contributed by atoms with Crippen molar-refractivity contribution in [2.75, 3.05) is 36.5 Å². The lowest BCUT2D eigenvalue weighted by Crippen LogP contribution is -2.45. The van der Waals surface area contributed by atoms with E-state index in [0.717, 1.165) is 43.4 Å². The van der Waals surface area contributed by atoms with Crippen molar-refractivity contribution in [3.63, 3.8) is 0 Å². The lowest BCUT2D eigenvalue weighted by molar-refractivity contribution is -0.169. The minimum atomic E-state index is -0.373. The van der Waals surface area contributed by atoms with Crippen LogP contribution in [-0.4, -0.2) is 42.1 Å². The van der Waals surface area contributed by atoms with Crippen LogP contribution in [0.15, 0.2) is 24.4 Å². The van der Waals surface area contributed by atoms with Crippen LogP contribution < -0.4 is 10.2 Å². The molecule has 0 aliphatic carbocycles.